The molecule has 1 atom stereocenters. The summed E-state index contributed by atoms with van der Waals surface area (Å²) < 4.78 is 4.22. The number of hydrogen-bond donors (Lipinski definition) is 0. The summed E-state index contributed by atoms with van der Waals surface area (Å²) in [5.74, 6) is 1.17. The van der Waals surface area contributed by atoms with Gasteiger partial charge in [-0.1, -0.05) is 0 Å². The Morgan fingerprint density at radius 1 is 0.867 bits per heavy atom. The average Bonchev–Trinajstić information content (AvgIpc) is 3.29. The molecule has 0 saturated carbocycles. The molecule has 1 heteroatoms. The van der Waals surface area contributed by atoms with Crippen LogP contribution in [0.1, 0.15) is 102 Å². The first kappa shape index (κ1) is 21.9. The fraction of sp³-hybridized carbons (Fsp3) is 0.414. The molecular weight excluding hydrogens is 527 g/mol. The molecule has 0 saturated heterocycles. The van der Waals surface area contributed by atoms with Gasteiger partial charge in [0.1, 0.15) is 0 Å². The fourth-order valence-corrected chi connectivity index (χ4v) is 17.4. The summed E-state index contributed by atoms with van der Waals surface area (Å²) in [7, 11) is 0. The molecule has 30 heavy (non-hydrogen) atoms. The van der Waals surface area contributed by atoms with Crippen molar-refractivity contribution in [3.8, 4) is 0 Å². The molecule has 0 fully saturated rings. The summed E-state index contributed by atoms with van der Waals surface area (Å²) in [6.45, 7) is 18.8. The maximum atomic E-state index is 2.66. The third-order valence-corrected chi connectivity index (χ3v) is 18.5. The Morgan fingerprint density at radius 2 is 1.50 bits per heavy atom. The average molecular weight is 563 g/mol. The number of benzene rings is 2. The summed E-state index contributed by atoms with van der Waals surface area (Å²) in [5, 5.41) is 0. The zero-order valence-electron chi connectivity index (χ0n) is 20.0. The van der Waals surface area contributed by atoms with Gasteiger partial charge in [-0.3, -0.25) is 0 Å². The minimum absolute atomic E-state index is 0.577. The molecule has 0 aliphatic heterocycles. The van der Waals surface area contributed by atoms with Crippen molar-refractivity contribution >= 4 is 15.4 Å². The van der Waals surface area contributed by atoms with Crippen LogP contribution in [0.15, 0.2) is 33.7 Å². The molecule has 0 amide bonds. The van der Waals surface area contributed by atoms with Gasteiger partial charge >= 0.3 is 192 Å². The van der Waals surface area contributed by atoms with Gasteiger partial charge in [-0.25, -0.2) is 0 Å². The van der Waals surface area contributed by atoms with Gasteiger partial charge in [0, 0.05) is 0 Å². The van der Waals surface area contributed by atoms with Crippen LogP contribution in [-0.2, 0) is 27.4 Å². The van der Waals surface area contributed by atoms with Gasteiger partial charge in [-0.2, -0.15) is 0 Å². The molecule has 0 aromatic heterocycles. The Labute approximate surface area is 191 Å². The van der Waals surface area contributed by atoms with Crippen molar-refractivity contribution in [1.29, 1.82) is 0 Å². The van der Waals surface area contributed by atoms with Gasteiger partial charge in [0.25, 0.3) is 0 Å². The third-order valence-electron chi connectivity index (χ3n) is 7.04. The molecule has 1 unspecified atom stereocenters. The monoisotopic (exact) mass is 564 g/mol. The van der Waals surface area contributed by atoms with Gasteiger partial charge in [0.2, 0.25) is 0 Å². The first-order valence-electron chi connectivity index (χ1n) is 11.5. The third kappa shape index (κ3) is 3.62. The number of hydrogen-bond acceptors (Lipinski definition) is 0. The van der Waals surface area contributed by atoms with Crippen LogP contribution in [0.4, 0.5) is 0 Å². The van der Waals surface area contributed by atoms with Crippen molar-refractivity contribution in [2.45, 2.75) is 77.3 Å². The molecule has 0 nitrogen and oxygen atoms in total. The standard InChI is InChI=1S/C15H19.C11H11.C3H6.Hf/c1-10(2)12-8-9-13(11(3)4)15-7-5-6-14(12)15;1-8-6-7-9(2)11-5-3-4-10(8)11;1-3-2;/h6,8-11H,7H2,1-4H3;3-7H,1-2H3;1-2H3;. The van der Waals surface area contributed by atoms with Gasteiger partial charge in [0.05, 0.1) is 0 Å². The van der Waals surface area contributed by atoms with E-state index < -0.39 is 21.0 Å². The summed E-state index contributed by atoms with van der Waals surface area (Å²) in [5.41, 5.74) is 12.4. The van der Waals surface area contributed by atoms with Crippen LogP contribution in [-0.4, -0.2) is 3.26 Å². The molecule has 0 spiro atoms. The molecule has 156 valence electrons. The van der Waals surface area contributed by atoms with Crippen LogP contribution < -0.4 is 0 Å². The van der Waals surface area contributed by atoms with Crippen LogP contribution >= 0.6 is 0 Å². The van der Waals surface area contributed by atoms with Crippen LogP contribution in [0.3, 0.4) is 0 Å². The Balaban J connectivity index is 1.85. The fourth-order valence-electron chi connectivity index (χ4n) is 5.55. The minimum atomic E-state index is -2.24. The summed E-state index contributed by atoms with van der Waals surface area (Å²) in [4.78, 5) is 0. The molecule has 0 bridgehead atoms. The molecule has 0 N–H and O–H groups in total. The Kier molecular flexibility index (Phi) is 6.05. The zero-order chi connectivity index (χ0) is 21.7. The Bertz CT molecular complexity index is 1100. The second kappa shape index (κ2) is 8.30. The molecule has 0 heterocycles. The number of allylic oxidation sites excluding steroid dienone is 2. The van der Waals surface area contributed by atoms with Crippen LogP contribution in [0.25, 0.3) is 12.2 Å². The predicted octanol–water partition coefficient (Wildman–Crippen LogP) is 8.05. The summed E-state index contributed by atoms with van der Waals surface area (Å²) >= 11 is -2.24. The van der Waals surface area contributed by atoms with Crippen molar-refractivity contribution < 1.29 is 21.0 Å². The van der Waals surface area contributed by atoms with E-state index in [4.69, 9.17) is 0 Å². The topological polar surface area (TPSA) is 0 Å². The Morgan fingerprint density at radius 3 is 2.13 bits per heavy atom. The van der Waals surface area contributed by atoms with Crippen LogP contribution in [0, 0.1) is 13.8 Å². The Hall–Kier alpha value is -1.34. The van der Waals surface area contributed by atoms with Gasteiger partial charge in [0.15, 0.2) is 0 Å². The molecule has 0 radical (unpaired) electrons. The molecule has 2 aromatic carbocycles. The van der Waals surface area contributed by atoms with Crippen molar-refractivity contribution in [2.75, 3.05) is 0 Å². The van der Waals surface area contributed by atoms with Crippen LogP contribution in [0.2, 0.25) is 0 Å². The van der Waals surface area contributed by atoms with E-state index in [2.05, 4.69) is 97.9 Å². The van der Waals surface area contributed by atoms with Crippen molar-refractivity contribution in [1.82, 2.24) is 0 Å². The molecular formula is C29H36Hf. The van der Waals surface area contributed by atoms with E-state index in [1.807, 2.05) is 3.33 Å². The SMILES string of the molecule is C[C](C)=[Hf]([C]1=Cc2c(C(C)C)ccc(C(C)C)c2C1)[CH]1C=Cc2c(C)ccc(C)c21. The van der Waals surface area contributed by atoms with E-state index in [-0.39, 0.29) is 0 Å². The maximum absolute atomic E-state index is 2.66. The normalized spacial score (nSPS) is 16.9. The number of rotatable bonds is 4. The second-order valence-electron chi connectivity index (χ2n) is 10.1. The van der Waals surface area contributed by atoms with E-state index in [1.165, 1.54) is 28.7 Å². The van der Waals surface area contributed by atoms with E-state index >= 15 is 0 Å². The van der Waals surface area contributed by atoms with Crippen LogP contribution in [0.5, 0.6) is 0 Å². The number of aryl methyl sites for hydroxylation is 2. The van der Waals surface area contributed by atoms with E-state index in [9.17, 15) is 0 Å². The molecule has 2 aliphatic rings. The van der Waals surface area contributed by atoms with E-state index in [1.54, 1.807) is 25.5 Å². The first-order chi connectivity index (χ1) is 14.2. The van der Waals surface area contributed by atoms with E-state index in [0.29, 0.717) is 15.5 Å². The van der Waals surface area contributed by atoms with Crippen molar-refractivity contribution in [2.24, 2.45) is 0 Å². The predicted molar refractivity (Wildman–Crippen MR) is 130 cm³/mol. The summed E-state index contributed by atoms with van der Waals surface area (Å²) in [6, 6.07) is 9.46. The van der Waals surface area contributed by atoms with Gasteiger partial charge < -0.3 is 0 Å². The molecule has 2 aliphatic carbocycles. The zero-order valence-corrected chi connectivity index (χ0v) is 23.6. The second-order valence-corrected chi connectivity index (χ2v) is 21.2. The summed E-state index contributed by atoms with van der Waals surface area (Å²) in [6.07, 6.45) is 8.84. The molecule has 2 aromatic rings. The number of fused-ring (bicyclic) bond motifs is 2. The van der Waals surface area contributed by atoms with Gasteiger partial charge in [-0.15, -0.1) is 0 Å². The van der Waals surface area contributed by atoms with Crippen molar-refractivity contribution in [3.63, 3.8) is 0 Å². The van der Waals surface area contributed by atoms with E-state index in [0.717, 1.165) is 0 Å². The van der Waals surface area contributed by atoms with Gasteiger partial charge in [-0.05, 0) is 0 Å². The quantitative estimate of drug-likeness (QED) is 0.331. The first-order valence-corrected chi connectivity index (χ1v) is 17.2. The van der Waals surface area contributed by atoms with Crippen molar-refractivity contribution in [3.05, 3.63) is 78.2 Å². The molecule has 4 rings (SSSR count).